The number of rotatable bonds is 6. The van der Waals surface area contributed by atoms with E-state index in [1.807, 2.05) is 41.0 Å². The molecule has 1 aromatic carbocycles. The minimum Gasteiger partial charge on any atom is -0.497 e. The number of methoxy groups -OCH3 is 1. The highest BCUT2D eigenvalue weighted by atomic mass is 32.1. The number of carbonyl (C=O) groups excluding carboxylic acids is 2. The van der Waals surface area contributed by atoms with Gasteiger partial charge in [-0.15, -0.1) is 11.3 Å². The van der Waals surface area contributed by atoms with Crippen LogP contribution in [0.2, 0.25) is 0 Å². The summed E-state index contributed by atoms with van der Waals surface area (Å²) in [5, 5.41) is 2.12. The molecule has 0 bridgehead atoms. The van der Waals surface area contributed by atoms with Crippen molar-refractivity contribution < 1.29 is 14.3 Å². The summed E-state index contributed by atoms with van der Waals surface area (Å²) in [6.07, 6.45) is 3.11. The van der Waals surface area contributed by atoms with Gasteiger partial charge in [0.2, 0.25) is 11.8 Å². The molecule has 0 radical (unpaired) electrons. The average Bonchev–Trinajstić information content (AvgIpc) is 3.16. The molecule has 0 N–H and O–H groups in total. The van der Waals surface area contributed by atoms with E-state index in [1.54, 1.807) is 18.4 Å². The van der Waals surface area contributed by atoms with E-state index in [9.17, 15) is 9.59 Å². The first kappa shape index (κ1) is 22.8. The van der Waals surface area contributed by atoms with Gasteiger partial charge in [-0.1, -0.05) is 12.1 Å². The number of ether oxygens (including phenoxy) is 1. The van der Waals surface area contributed by atoms with Crippen LogP contribution in [0.4, 0.5) is 0 Å². The number of carbonyl (C=O) groups is 2. The molecule has 2 aromatic rings. The molecule has 7 heteroatoms. The zero-order chi connectivity index (χ0) is 22.5. The van der Waals surface area contributed by atoms with Crippen LogP contribution < -0.4 is 4.74 Å². The number of fused-ring (bicyclic) bond motifs is 1. The van der Waals surface area contributed by atoms with E-state index < -0.39 is 0 Å². The summed E-state index contributed by atoms with van der Waals surface area (Å²) in [6.45, 7) is 6.61. The molecule has 32 heavy (non-hydrogen) atoms. The van der Waals surface area contributed by atoms with Crippen LogP contribution in [0.1, 0.15) is 35.8 Å². The molecule has 2 amide bonds. The lowest BCUT2D eigenvalue weighted by Crippen LogP contribution is -2.49. The van der Waals surface area contributed by atoms with Crippen LogP contribution in [-0.2, 0) is 29.0 Å². The predicted molar refractivity (Wildman–Crippen MR) is 127 cm³/mol. The van der Waals surface area contributed by atoms with Crippen molar-refractivity contribution in [1.29, 1.82) is 0 Å². The smallest absolute Gasteiger partial charge is 0.239 e. The third-order valence-electron chi connectivity index (χ3n) is 6.69. The molecule has 2 aliphatic rings. The van der Waals surface area contributed by atoms with Gasteiger partial charge in [0.25, 0.3) is 0 Å². The molecule has 1 unspecified atom stereocenters. The molecule has 1 fully saturated rings. The molecule has 6 nitrogen and oxygen atoms in total. The van der Waals surface area contributed by atoms with Gasteiger partial charge in [-0.3, -0.25) is 14.5 Å². The second-order valence-electron chi connectivity index (χ2n) is 8.67. The van der Waals surface area contributed by atoms with E-state index in [-0.39, 0.29) is 17.9 Å². The molecule has 1 aromatic heterocycles. The fraction of sp³-hybridized carbons (Fsp3) is 0.520. The first-order chi connectivity index (χ1) is 15.5. The van der Waals surface area contributed by atoms with Crippen LogP contribution in [0, 0.1) is 0 Å². The summed E-state index contributed by atoms with van der Waals surface area (Å²) in [4.78, 5) is 33.6. The fourth-order valence-corrected chi connectivity index (χ4v) is 5.52. The molecule has 172 valence electrons. The lowest BCUT2D eigenvalue weighted by atomic mass is 10.1. The van der Waals surface area contributed by atoms with E-state index in [0.717, 1.165) is 63.3 Å². The monoisotopic (exact) mass is 455 g/mol. The Labute approximate surface area is 194 Å². The maximum atomic E-state index is 13.2. The van der Waals surface area contributed by atoms with Crippen molar-refractivity contribution in [3.63, 3.8) is 0 Å². The van der Waals surface area contributed by atoms with Gasteiger partial charge in [-0.25, -0.2) is 0 Å². The fourth-order valence-electron chi connectivity index (χ4n) is 4.63. The van der Waals surface area contributed by atoms with E-state index in [2.05, 4.69) is 16.3 Å². The van der Waals surface area contributed by atoms with Crippen molar-refractivity contribution in [2.45, 2.75) is 45.2 Å². The molecule has 0 saturated carbocycles. The molecule has 0 aliphatic carbocycles. The Balaban J connectivity index is 1.26. The number of nitrogens with zero attached hydrogens (tertiary/aromatic N) is 3. The van der Waals surface area contributed by atoms with E-state index in [1.165, 1.54) is 10.4 Å². The molecule has 1 atom stereocenters. The number of amides is 2. The largest absolute Gasteiger partial charge is 0.497 e. The zero-order valence-corrected chi connectivity index (χ0v) is 19.9. The standard InChI is InChI=1S/C25H33N3O3S/c1-19(25(30)28-14-10-23-21(18-28)11-17-32-23)26-12-3-13-27(16-15-26)24(29)9-6-20-4-7-22(31-2)8-5-20/h4-5,7-8,11,17,19H,3,6,9-10,12-16,18H2,1-2H3. The maximum absolute atomic E-state index is 13.2. The van der Waals surface area contributed by atoms with Crippen molar-refractivity contribution in [2.75, 3.05) is 39.8 Å². The summed E-state index contributed by atoms with van der Waals surface area (Å²) < 4.78 is 5.19. The van der Waals surface area contributed by atoms with E-state index in [4.69, 9.17) is 4.74 Å². The molecule has 3 heterocycles. The Morgan fingerprint density at radius 1 is 1.03 bits per heavy atom. The Bertz CT molecular complexity index is 927. The van der Waals surface area contributed by atoms with Crippen molar-refractivity contribution in [3.8, 4) is 5.75 Å². The van der Waals surface area contributed by atoms with Crippen LogP contribution in [-0.4, -0.2) is 72.4 Å². The minimum absolute atomic E-state index is 0.149. The third-order valence-corrected chi connectivity index (χ3v) is 7.72. The third kappa shape index (κ3) is 5.33. The van der Waals surface area contributed by atoms with Crippen molar-refractivity contribution in [3.05, 3.63) is 51.7 Å². The van der Waals surface area contributed by atoms with Crippen LogP contribution in [0.3, 0.4) is 0 Å². The molecule has 4 rings (SSSR count). The molecular formula is C25H33N3O3S. The second-order valence-corrected chi connectivity index (χ2v) is 9.67. The quantitative estimate of drug-likeness (QED) is 0.671. The summed E-state index contributed by atoms with van der Waals surface area (Å²) in [6, 6.07) is 9.90. The van der Waals surface area contributed by atoms with Gasteiger partial charge < -0.3 is 14.5 Å². The number of thiophene rings is 1. The summed E-state index contributed by atoms with van der Waals surface area (Å²) in [5.74, 6) is 1.24. The SMILES string of the molecule is COc1ccc(CCC(=O)N2CCCN(C(C)C(=O)N3CCc4sccc4C3)CC2)cc1. The van der Waals surface area contributed by atoms with Crippen LogP contribution >= 0.6 is 11.3 Å². The number of aryl methyl sites for hydroxylation is 1. The topological polar surface area (TPSA) is 53.1 Å². The van der Waals surface area contributed by atoms with E-state index >= 15 is 0 Å². The Morgan fingerprint density at radius 2 is 1.84 bits per heavy atom. The van der Waals surface area contributed by atoms with Gasteiger partial charge in [0.15, 0.2) is 0 Å². The van der Waals surface area contributed by atoms with Crippen LogP contribution in [0.15, 0.2) is 35.7 Å². The minimum atomic E-state index is -0.149. The first-order valence-corrected chi connectivity index (χ1v) is 12.4. The maximum Gasteiger partial charge on any atom is 0.239 e. The van der Waals surface area contributed by atoms with E-state index in [0.29, 0.717) is 13.0 Å². The number of hydrogen-bond acceptors (Lipinski definition) is 5. The van der Waals surface area contributed by atoms with Crippen molar-refractivity contribution in [2.24, 2.45) is 0 Å². The summed E-state index contributed by atoms with van der Waals surface area (Å²) in [5.41, 5.74) is 2.44. The summed E-state index contributed by atoms with van der Waals surface area (Å²) >= 11 is 1.79. The first-order valence-electron chi connectivity index (χ1n) is 11.5. The van der Waals surface area contributed by atoms with Gasteiger partial charge in [0.1, 0.15) is 5.75 Å². The molecular weight excluding hydrogens is 422 g/mol. The van der Waals surface area contributed by atoms with Gasteiger partial charge >= 0.3 is 0 Å². The average molecular weight is 456 g/mol. The highest BCUT2D eigenvalue weighted by Crippen LogP contribution is 2.25. The lowest BCUT2D eigenvalue weighted by molar-refractivity contribution is -0.137. The van der Waals surface area contributed by atoms with Crippen LogP contribution in [0.25, 0.3) is 0 Å². The van der Waals surface area contributed by atoms with Gasteiger partial charge in [0, 0.05) is 50.6 Å². The number of benzene rings is 1. The predicted octanol–water partition coefficient (Wildman–Crippen LogP) is 3.20. The highest BCUT2D eigenvalue weighted by molar-refractivity contribution is 7.10. The van der Waals surface area contributed by atoms with Gasteiger partial charge in [-0.2, -0.15) is 0 Å². The molecule has 0 spiro atoms. The molecule has 2 aliphatic heterocycles. The lowest BCUT2D eigenvalue weighted by Gasteiger charge is -2.34. The van der Waals surface area contributed by atoms with Crippen molar-refractivity contribution >= 4 is 23.2 Å². The number of hydrogen-bond donors (Lipinski definition) is 0. The zero-order valence-electron chi connectivity index (χ0n) is 19.1. The van der Waals surface area contributed by atoms with Crippen molar-refractivity contribution in [1.82, 2.24) is 14.7 Å². The summed E-state index contributed by atoms with van der Waals surface area (Å²) in [7, 11) is 1.65. The normalized spacial score (nSPS) is 18.1. The van der Waals surface area contributed by atoms with Gasteiger partial charge in [0.05, 0.1) is 13.2 Å². The highest BCUT2D eigenvalue weighted by Gasteiger charge is 2.30. The second kappa shape index (κ2) is 10.5. The Kier molecular flexibility index (Phi) is 7.48. The van der Waals surface area contributed by atoms with Gasteiger partial charge in [-0.05, 0) is 60.9 Å². The van der Waals surface area contributed by atoms with Crippen LogP contribution in [0.5, 0.6) is 5.75 Å². The molecule has 1 saturated heterocycles. The Morgan fingerprint density at radius 3 is 2.62 bits per heavy atom. The Hall–Kier alpha value is -2.38.